The van der Waals surface area contributed by atoms with E-state index in [2.05, 4.69) is 39.4 Å². The quantitative estimate of drug-likeness (QED) is 0.469. The SMILES string of the molecule is CC[C@@H](Nc1nc(NCc2ccccn2)c2[nH]cc(C(C)C)c2n1)C(C)(C)O. The number of hydrogen-bond donors (Lipinski definition) is 4. The maximum Gasteiger partial charge on any atom is 0.225 e. The van der Waals surface area contributed by atoms with Gasteiger partial charge in [0.25, 0.3) is 0 Å². The summed E-state index contributed by atoms with van der Waals surface area (Å²) in [6.07, 6.45) is 4.53. The summed E-state index contributed by atoms with van der Waals surface area (Å²) in [5.41, 5.74) is 2.95. The minimum absolute atomic E-state index is 0.157. The van der Waals surface area contributed by atoms with Gasteiger partial charge in [0.15, 0.2) is 5.82 Å². The summed E-state index contributed by atoms with van der Waals surface area (Å²) in [4.78, 5) is 17.1. The molecule has 0 radical (unpaired) electrons. The van der Waals surface area contributed by atoms with Crippen LogP contribution in [-0.4, -0.2) is 36.7 Å². The molecular formula is C21H30N6O. The normalized spacial score (nSPS) is 13.1. The molecular weight excluding hydrogens is 352 g/mol. The number of fused-ring (bicyclic) bond motifs is 1. The standard InChI is InChI=1S/C21H30N6O/c1-6-16(21(4,5)28)25-20-26-17-15(13(2)3)12-23-18(17)19(27-20)24-11-14-9-7-8-10-22-14/h7-10,12-13,16,23,28H,6,11H2,1-5H3,(H2,24,25,26,27)/t16-/m1/s1. The van der Waals surface area contributed by atoms with Crippen LogP contribution in [0.2, 0.25) is 0 Å². The molecule has 4 N–H and O–H groups in total. The molecule has 28 heavy (non-hydrogen) atoms. The summed E-state index contributed by atoms with van der Waals surface area (Å²) in [6.45, 7) is 10.5. The molecule has 3 aromatic rings. The molecule has 3 heterocycles. The van der Waals surface area contributed by atoms with Crippen LogP contribution < -0.4 is 10.6 Å². The number of aromatic nitrogens is 4. The fourth-order valence-corrected chi connectivity index (χ4v) is 3.27. The number of anilines is 2. The van der Waals surface area contributed by atoms with Crippen molar-refractivity contribution in [3.8, 4) is 0 Å². The first-order valence-electron chi connectivity index (χ1n) is 9.81. The Bertz CT molecular complexity index is 914. The summed E-state index contributed by atoms with van der Waals surface area (Å²) >= 11 is 0. The van der Waals surface area contributed by atoms with Crippen molar-refractivity contribution in [3.63, 3.8) is 0 Å². The highest BCUT2D eigenvalue weighted by molar-refractivity contribution is 5.89. The van der Waals surface area contributed by atoms with E-state index in [0.717, 1.165) is 34.5 Å². The highest BCUT2D eigenvalue weighted by Gasteiger charge is 2.26. The van der Waals surface area contributed by atoms with Crippen molar-refractivity contribution < 1.29 is 5.11 Å². The van der Waals surface area contributed by atoms with E-state index in [4.69, 9.17) is 4.98 Å². The summed E-state index contributed by atoms with van der Waals surface area (Å²) in [5.74, 6) is 1.55. The van der Waals surface area contributed by atoms with Gasteiger partial charge < -0.3 is 20.7 Å². The van der Waals surface area contributed by atoms with Crippen molar-refractivity contribution in [3.05, 3.63) is 41.9 Å². The maximum absolute atomic E-state index is 10.4. The van der Waals surface area contributed by atoms with E-state index in [-0.39, 0.29) is 6.04 Å². The van der Waals surface area contributed by atoms with Gasteiger partial charge in [-0.25, -0.2) is 4.98 Å². The second-order valence-electron chi connectivity index (χ2n) is 7.95. The number of aliphatic hydroxyl groups is 1. The number of nitrogens with zero attached hydrogens (tertiary/aromatic N) is 3. The van der Waals surface area contributed by atoms with Crippen LogP contribution in [0.25, 0.3) is 11.0 Å². The van der Waals surface area contributed by atoms with Gasteiger partial charge in [-0.1, -0.05) is 26.8 Å². The first kappa shape index (κ1) is 20.1. The summed E-state index contributed by atoms with van der Waals surface area (Å²) < 4.78 is 0. The van der Waals surface area contributed by atoms with Gasteiger partial charge in [-0.05, 0) is 43.9 Å². The number of nitrogens with one attached hydrogen (secondary N) is 3. The first-order chi connectivity index (χ1) is 13.3. The Morgan fingerprint density at radius 2 is 2.00 bits per heavy atom. The third-order valence-corrected chi connectivity index (χ3v) is 4.90. The molecule has 3 rings (SSSR count). The molecule has 3 aromatic heterocycles. The Morgan fingerprint density at radius 1 is 1.21 bits per heavy atom. The van der Waals surface area contributed by atoms with Crippen LogP contribution in [-0.2, 0) is 6.54 Å². The first-order valence-corrected chi connectivity index (χ1v) is 9.81. The van der Waals surface area contributed by atoms with Gasteiger partial charge in [0.05, 0.1) is 29.4 Å². The van der Waals surface area contributed by atoms with Gasteiger partial charge in [0.2, 0.25) is 5.95 Å². The van der Waals surface area contributed by atoms with Gasteiger partial charge in [-0.15, -0.1) is 0 Å². The minimum Gasteiger partial charge on any atom is -0.388 e. The van der Waals surface area contributed by atoms with Gasteiger partial charge in [-0.2, -0.15) is 4.98 Å². The molecule has 1 atom stereocenters. The van der Waals surface area contributed by atoms with Crippen molar-refractivity contribution in [1.29, 1.82) is 0 Å². The predicted octanol–water partition coefficient (Wildman–Crippen LogP) is 4.05. The van der Waals surface area contributed by atoms with Crippen molar-refractivity contribution in [1.82, 2.24) is 19.9 Å². The maximum atomic E-state index is 10.4. The molecule has 150 valence electrons. The number of rotatable bonds is 8. The van der Waals surface area contributed by atoms with Crippen LogP contribution >= 0.6 is 0 Å². The van der Waals surface area contributed by atoms with E-state index in [9.17, 15) is 5.11 Å². The average Bonchev–Trinajstić information content (AvgIpc) is 3.08. The zero-order chi connectivity index (χ0) is 20.3. The van der Waals surface area contributed by atoms with Gasteiger partial charge in [0.1, 0.15) is 5.52 Å². The average molecular weight is 383 g/mol. The third kappa shape index (κ3) is 4.42. The molecule has 0 aliphatic carbocycles. The fourth-order valence-electron chi connectivity index (χ4n) is 3.27. The second kappa shape index (κ2) is 8.14. The van der Waals surface area contributed by atoms with E-state index in [1.54, 1.807) is 20.0 Å². The Morgan fingerprint density at radius 3 is 2.61 bits per heavy atom. The number of H-pyrrole nitrogens is 1. The minimum atomic E-state index is -0.881. The third-order valence-electron chi connectivity index (χ3n) is 4.90. The number of pyridine rings is 1. The highest BCUT2D eigenvalue weighted by Crippen LogP contribution is 2.29. The number of hydrogen-bond acceptors (Lipinski definition) is 6. The Balaban J connectivity index is 1.98. The zero-order valence-electron chi connectivity index (χ0n) is 17.2. The molecule has 0 aliphatic rings. The van der Waals surface area contributed by atoms with E-state index in [1.807, 2.05) is 31.3 Å². The van der Waals surface area contributed by atoms with Crippen LogP contribution in [0, 0.1) is 0 Å². The second-order valence-corrected chi connectivity index (χ2v) is 7.95. The summed E-state index contributed by atoms with van der Waals surface area (Å²) in [5, 5.41) is 17.1. The molecule has 0 unspecified atom stereocenters. The highest BCUT2D eigenvalue weighted by atomic mass is 16.3. The Labute approximate surface area is 166 Å². The molecule has 7 heteroatoms. The zero-order valence-corrected chi connectivity index (χ0v) is 17.2. The lowest BCUT2D eigenvalue weighted by Crippen LogP contribution is -2.41. The molecule has 0 spiro atoms. The smallest absolute Gasteiger partial charge is 0.225 e. The van der Waals surface area contributed by atoms with Crippen LogP contribution in [0.15, 0.2) is 30.6 Å². The molecule has 7 nitrogen and oxygen atoms in total. The molecule has 0 saturated carbocycles. The Hall–Kier alpha value is -2.67. The van der Waals surface area contributed by atoms with Gasteiger partial charge >= 0.3 is 0 Å². The molecule has 0 fully saturated rings. The molecule has 0 bridgehead atoms. The summed E-state index contributed by atoms with van der Waals surface area (Å²) in [7, 11) is 0. The van der Waals surface area contributed by atoms with Crippen molar-refractivity contribution in [2.45, 2.75) is 65.1 Å². The number of aromatic amines is 1. The van der Waals surface area contributed by atoms with Crippen molar-refractivity contribution in [2.75, 3.05) is 10.6 Å². The largest absolute Gasteiger partial charge is 0.388 e. The van der Waals surface area contributed by atoms with Crippen LogP contribution in [0.4, 0.5) is 11.8 Å². The van der Waals surface area contributed by atoms with Gasteiger partial charge in [-0.3, -0.25) is 4.98 Å². The van der Waals surface area contributed by atoms with E-state index in [0.29, 0.717) is 18.4 Å². The topological polar surface area (TPSA) is 98.8 Å². The van der Waals surface area contributed by atoms with E-state index >= 15 is 0 Å². The van der Waals surface area contributed by atoms with Crippen molar-refractivity contribution >= 4 is 22.8 Å². The lowest BCUT2D eigenvalue weighted by molar-refractivity contribution is 0.0577. The van der Waals surface area contributed by atoms with E-state index < -0.39 is 5.60 Å². The fraction of sp³-hybridized carbons (Fsp3) is 0.476. The summed E-state index contributed by atoms with van der Waals surface area (Å²) in [6, 6.07) is 5.68. The van der Waals surface area contributed by atoms with Crippen molar-refractivity contribution in [2.24, 2.45) is 0 Å². The monoisotopic (exact) mass is 382 g/mol. The van der Waals surface area contributed by atoms with Crippen LogP contribution in [0.1, 0.15) is 58.2 Å². The predicted molar refractivity (Wildman–Crippen MR) is 114 cm³/mol. The molecule has 0 aliphatic heterocycles. The molecule has 0 aromatic carbocycles. The lowest BCUT2D eigenvalue weighted by atomic mass is 9.97. The van der Waals surface area contributed by atoms with E-state index in [1.165, 1.54) is 0 Å². The molecule has 0 saturated heterocycles. The lowest BCUT2D eigenvalue weighted by Gasteiger charge is -2.29. The van der Waals surface area contributed by atoms with Crippen LogP contribution in [0.3, 0.4) is 0 Å². The van der Waals surface area contributed by atoms with Gasteiger partial charge in [0, 0.05) is 12.4 Å². The Kier molecular flexibility index (Phi) is 5.84. The van der Waals surface area contributed by atoms with Crippen LogP contribution in [0.5, 0.6) is 0 Å². The molecule has 0 amide bonds.